The van der Waals surface area contributed by atoms with E-state index >= 15 is 0 Å². The molecule has 0 amide bonds. The van der Waals surface area contributed by atoms with E-state index in [0.717, 1.165) is 15.1 Å². The zero-order valence-electron chi connectivity index (χ0n) is 9.14. The standard InChI is InChI=1S/C11H14ClIN2/c1-11(2,3)10-14-8(6-4-5-6)7(13)9(12)15-10/h6H,4-5H2,1-3H3. The molecule has 0 N–H and O–H groups in total. The van der Waals surface area contributed by atoms with Crippen LogP contribution >= 0.6 is 34.2 Å². The average molecular weight is 337 g/mol. The van der Waals surface area contributed by atoms with Gasteiger partial charge in [0.1, 0.15) is 11.0 Å². The molecule has 0 spiro atoms. The molecule has 0 atom stereocenters. The van der Waals surface area contributed by atoms with Crippen molar-refractivity contribution < 1.29 is 0 Å². The Balaban J connectivity index is 2.51. The van der Waals surface area contributed by atoms with E-state index in [2.05, 4.69) is 53.3 Å². The molecule has 1 aliphatic carbocycles. The van der Waals surface area contributed by atoms with Crippen LogP contribution in [0.15, 0.2) is 0 Å². The molecule has 2 rings (SSSR count). The molecule has 0 aromatic carbocycles. The van der Waals surface area contributed by atoms with Gasteiger partial charge in [-0.25, -0.2) is 9.97 Å². The van der Waals surface area contributed by atoms with Crippen LogP contribution in [0.5, 0.6) is 0 Å². The summed E-state index contributed by atoms with van der Waals surface area (Å²) in [4.78, 5) is 9.02. The molecule has 2 nitrogen and oxygen atoms in total. The maximum atomic E-state index is 6.14. The van der Waals surface area contributed by atoms with Crippen molar-refractivity contribution in [3.8, 4) is 0 Å². The smallest absolute Gasteiger partial charge is 0.146 e. The number of nitrogens with zero attached hydrogens (tertiary/aromatic N) is 2. The summed E-state index contributed by atoms with van der Waals surface area (Å²) in [6, 6.07) is 0. The number of hydrogen-bond donors (Lipinski definition) is 0. The molecule has 82 valence electrons. The molecule has 15 heavy (non-hydrogen) atoms. The highest BCUT2D eigenvalue weighted by Gasteiger charge is 2.30. The summed E-state index contributed by atoms with van der Waals surface area (Å²) >= 11 is 8.39. The van der Waals surface area contributed by atoms with Crippen LogP contribution in [0.2, 0.25) is 5.15 Å². The Morgan fingerprint density at radius 1 is 1.27 bits per heavy atom. The Kier molecular flexibility index (Phi) is 2.97. The molecule has 4 heteroatoms. The van der Waals surface area contributed by atoms with Crippen molar-refractivity contribution in [3.05, 3.63) is 20.2 Å². The van der Waals surface area contributed by atoms with Gasteiger partial charge >= 0.3 is 0 Å². The second-order valence-corrected chi connectivity index (χ2v) is 6.50. The lowest BCUT2D eigenvalue weighted by Crippen LogP contribution is -2.18. The first kappa shape index (κ1) is 11.6. The van der Waals surface area contributed by atoms with Crippen LogP contribution in [0.4, 0.5) is 0 Å². The molecular weight excluding hydrogens is 322 g/mol. The quantitative estimate of drug-likeness (QED) is 0.574. The summed E-state index contributed by atoms with van der Waals surface area (Å²) in [7, 11) is 0. The Hall–Kier alpha value is 0.1000. The third-order valence-corrected chi connectivity index (χ3v) is 4.13. The molecule has 0 unspecified atom stereocenters. The minimum absolute atomic E-state index is 0.0301. The van der Waals surface area contributed by atoms with Gasteiger partial charge in [-0.3, -0.25) is 0 Å². The normalized spacial score (nSPS) is 16.9. The van der Waals surface area contributed by atoms with Crippen LogP contribution in [-0.4, -0.2) is 9.97 Å². The minimum atomic E-state index is -0.0301. The lowest BCUT2D eigenvalue weighted by molar-refractivity contribution is 0.540. The van der Waals surface area contributed by atoms with Gasteiger partial charge in [0.15, 0.2) is 0 Å². The fourth-order valence-electron chi connectivity index (χ4n) is 1.40. The summed E-state index contributed by atoms with van der Waals surface area (Å²) in [5.74, 6) is 1.48. The summed E-state index contributed by atoms with van der Waals surface area (Å²) in [6.07, 6.45) is 2.49. The van der Waals surface area contributed by atoms with Crippen LogP contribution in [0, 0.1) is 3.57 Å². The van der Waals surface area contributed by atoms with Gasteiger partial charge in [0.05, 0.1) is 9.26 Å². The van der Waals surface area contributed by atoms with E-state index in [-0.39, 0.29) is 5.41 Å². The molecule has 1 saturated carbocycles. The summed E-state index contributed by atoms with van der Waals surface area (Å²) < 4.78 is 1.03. The molecular formula is C11H14ClIN2. The first-order chi connectivity index (χ1) is 6.89. The van der Waals surface area contributed by atoms with Gasteiger partial charge in [0.25, 0.3) is 0 Å². The van der Waals surface area contributed by atoms with Gasteiger partial charge in [-0.2, -0.15) is 0 Å². The Morgan fingerprint density at radius 2 is 1.87 bits per heavy atom. The minimum Gasteiger partial charge on any atom is -0.236 e. The molecule has 1 aromatic rings. The lowest BCUT2D eigenvalue weighted by atomic mass is 9.95. The van der Waals surface area contributed by atoms with E-state index < -0.39 is 0 Å². The van der Waals surface area contributed by atoms with E-state index in [1.54, 1.807) is 0 Å². The number of hydrogen-bond acceptors (Lipinski definition) is 2. The third-order valence-electron chi connectivity index (χ3n) is 2.47. The van der Waals surface area contributed by atoms with Crippen LogP contribution in [0.3, 0.4) is 0 Å². The second kappa shape index (κ2) is 3.84. The highest BCUT2D eigenvalue weighted by Crippen LogP contribution is 2.42. The molecule has 1 aliphatic rings. The van der Waals surface area contributed by atoms with Crippen molar-refractivity contribution >= 4 is 34.2 Å². The predicted octanol–water partition coefficient (Wildman–Crippen LogP) is 3.91. The van der Waals surface area contributed by atoms with E-state index in [9.17, 15) is 0 Å². The van der Waals surface area contributed by atoms with Crippen molar-refractivity contribution in [2.24, 2.45) is 0 Å². The number of aromatic nitrogens is 2. The van der Waals surface area contributed by atoms with Gasteiger partial charge in [0.2, 0.25) is 0 Å². The Morgan fingerprint density at radius 3 is 2.33 bits per heavy atom. The van der Waals surface area contributed by atoms with Gasteiger partial charge in [-0.15, -0.1) is 0 Å². The van der Waals surface area contributed by atoms with Crippen molar-refractivity contribution in [3.63, 3.8) is 0 Å². The molecule has 1 fully saturated rings. The van der Waals surface area contributed by atoms with Crippen molar-refractivity contribution in [2.45, 2.75) is 44.9 Å². The second-order valence-electron chi connectivity index (χ2n) is 5.06. The van der Waals surface area contributed by atoms with Crippen LogP contribution in [0.1, 0.15) is 51.0 Å². The molecule has 0 bridgehead atoms. The monoisotopic (exact) mass is 336 g/mol. The largest absolute Gasteiger partial charge is 0.236 e. The third kappa shape index (κ3) is 2.44. The molecule has 1 aromatic heterocycles. The van der Waals surface area contributed by atoms with E-state index in [4.69, 9.17) is 11.6 Å². The van der Waals surface area contributed by atoms with Crippen molar-refractivity contribution in [2.75, 3.05) is 0 Å². The fraction of sp³-hybridized carbons (Fsp3) is 0.636. The topological polar surface area (TPSA) is 25.8 Å². The number of rotatable bonds is 1. The van der Waals surface area contributed by atoms with Gasteiger partial charge in [0, 0.05) is 11.3 Å². The van der Waals surface area contributed by atoms with Gasteiger partial charge in [-0.1, -0.05) is 32.4 Å². The zero-order chi connectivity index (χ0) is 11.2. The van der Waals surface area contributed by atoms with E-state index in [1.165, 1.54) is 12.8 Å². The van der Waals surface area contributed by atoms with Crippen LogP contribution < -0.4 is 0 Å². The van der Waals surface area contributed by atoms with E-state index in [0.29, 0.717) is 11.1 Å². The SMILES string of the molecule is CC(C)(C)c1nc(Cl)c(I)c(C2CC2)n1. The Labute approximate surface area is 109 Å². The van der Waals surface area contributed by atoms with Gasteiger partial charge < -0.3 is 0 Å². The van der Waals surface area contributed by atoms with Crippen LogP contribution in [0.25, 0.3) is 0 Å². The maximum absolute atomic E-state index is 6.14. The highest BCUT2D eigenvalue weighted by atomic mass is 127. The molecule has 0 radical (unpaired) electrons. The molecule has 1 heterocycles. The maximum Gasteiger partial charge on any atom is 0.146 e. The van der Waals surface area contributed by atoms with Crippen LogP contribution in [-0.2, 0) is 5.41 Å². The Bertz CT molecular complexity index is 394. The van der Waals surface area contributed by atoms with Crippen molar-refractivity contribution in [1.29, 1.82) is 0 Å². The van der Waals surface area contributed by atoms with E-state index in [1.807, 2.05) is 0 Å². The fourth-order valence-corrected chi connectivity index (χ4v) is 2.26. The summed E-state index contributed by atoms with van der Waals surface area (Å²) in [6.45, 7) is 6.34. The number of halogens is 2. The molecule has 0 saturated heterocycles. The summed E-state index contributed by atoms with van der Waals surface area (Å²) in [5, 5.41) is 0.609. The zero-order valence-corrected chi connectivity index (χ0v) is 12.1. The first-order valence-corrected chi connectivity index (χ1v) is 6.58. The molecule has 0 aliphatic heterocycles. The summed E-state index contributed by atoms with van der Waals surface area (Å²) in [5.41, 5.74) is 1.12. The first-order valence-electron chi connectivity index (χ1n) is 5.13. The highest BCUT2D eigenvalue weighted by molar-refractivity contribution is 14.1. The predicted molar refractivity (Wildman–Crippen MR) is 70.4 cm³/mol. The lowest BCUT2D eigenvalue weighted by Gasteiger charge is -2.18. The van der Waals surface area contributed by atoms with Gasteiger partial charge in [-0.05, 0) is 35.4 Å². The van der Waals surface area contributed by atoms with Crippen molar-refractivity contribution in [1.82, 2.24) is 9.97 Å². The average Bonchev–Trinajstić information content (AvgIpc) is 2.90.